The summed E-state index contributed by atoms with van der Waals surface area (Å²) < 4.78 is 0. The first-order valence-electron chi connectivity index (χ1n) is 2.20. The van der Waals surface area contributed by atoms with Gasteiger partial charge in [-0.05, 0) is 12.1 Å². The number of halogens is 4. The highest BCUT2D eigenvalue weighted by molar-refractivity contribution is 5.86. The Labute approximate surface area is 91.4 Å². The predicted octanol–water partition coefficient (Wildman–Crippen LogP) is 2.96. The Kier molecular flexibility index (Phi) is 26.2. The molecule has 0 atom stereocenters. The molecule has 5 heteroatoms. The van der Waals surface area contributed by atoms with Gasteiger partial charge in [-0.2, -0.15) is 0 Å². The highest BCUT2D eigenvalue weighted by Gasteiger charge is 1.72. The zero-order valence-corrected chi connectivity index (χ0v) is 8.86. The molecule has 68 valence electrons. The Morgan fingerprint density at radius 3 is 1.27 bits per heavy atom. The van der Waals surface area contributed by atoms with E-state index in [-0.39, 0.29) is 49.6 Å². The lowest BCUT2D eigenvalue weighted by atomic mass is 10.3. The maximum atomic E-state index is 5.36. The fraction of sp³-hybridized carbons (Fsp3) is 0. The fourth-order valence-electron chi connectivity index (χ4n) is 0.453. The first-order valence-corrected chi connectivity index (χ1v) is 2.20. The first-order chi connectivity index (χ1) is 3.39. The van der Waals surface area contributed by atoms with Crippen LogP contribution >= 0.6 is 49.6 Å². The van der Waals surface area contributed by atoms with Gasteiger partial charge >= 0.3 is 0 Å². The third-order valence-corrected chi connectivity index (χ3v) is 0.800. The van der Waals surface area contributed by atoms with Crippen molar-refractivity contribution in [1.82, 2.24) is 0 Å². The minimum absolute atomic E-state index is 0. The average Bonchev–Trinajstić information content (AvgIpc) is 1.69. The molecule has 1 aromatic carbocycles. The minimum atomic E-state index is 0. The normalized spacial score (nSPS) is 5.45. The first kappa shape index (κ1) is 22.5. The highest BCUT2D eigenvalue weighted by Crippen LogP contribution is 1.95. The fourth-order valence-corrected chi connectivity index (χ4v) is 0.453. The van der Waals surface area contributed by atoms with Gasteiger partial charge in [-0.15, -0.1) is 49.6 Å². The Bertz CT molecular complexity index is 145. The number of nitrogens with two attached hydrogens (primary N) is 1. The van der Waals surface area contributed by atoms with E-state index in [1.807, 2.05) is 30.3 Å². The van der Waals surface area contributed by atoms with Crippen molar-refractivity contribution in [3.05, 3.63) is 30.3 Å². The van der Waals surface area contributed by atoms with Crippen molar-refractivity contribution in [2.45, 2.75) is 0 Å². The van der Waals surface area contributed by atoms with Gasteiger partial charge in [-0.25, -0.2) is 0 Å². The monoisotopic (exact) mass is 237 g/mol. The molecule has 0 fully saturated rings. The SMILES string of the molecule is Cl.Cl.Cl.Cl.Nc1ccccc1. The summed E-state index contributed by atoms with van der Waals surface area (Å²) in [4.78, 5) is 0. The largest absolute Gasteiger partial charge is 0.399 e. The van der Waals surface area contributed by atoms with E-state index in [0.717, 1.165) is 5.69 Å². The van der Waals surface area contributed by atoms with E-state index in [1.54, 1.807) is 0 Å². The van der Waals surface area contributed by atoms with Crippen LogP contribution in [0.2, 0.25) is 0 Å². The van der Waals surface area contributed by atoms with Gasteiger partial charge in [-0.3, -0.25) is 0 Å². The van der Waals surface area contributed by atoms with E-state index in [9.17, 15) is 0 Å². The Morgan fingerprint density at radius 1 is 0.727 bits per heavy atom. The molecule has 1 nitrogen and oxygen atoms in total. The van der Waals surface area contributed by atoms with Crippen molar-refractivity contribution < 1.29 is 0 Å². The van der Waals surface area contributed by atoms with Gasteiger partial charge in [0.25, 0.3) is 0 Å². The van der Waals surface area contributed by atoms with Crippen molar-refractivity contribution in [2.24, 2.45) is 0 Å². The topological polar surface area (TPSA) is 26.0 Å². The zero-order chi connectivity index (χ0) is 5.11. The molecule has 11 heavy (non-hydrogen) atoms. The smallest absolute Gasteiger partial charge is 0.0313 e. The van der Waals surface area contributed by atoms with E-state index in [1.165, 1.54) is 0 Å². The van der Waals surface area contributed by atoms with Gasteiger partial charge < -0.3 is 5.73 Å². The summed E-state index contributed by atoms with van der Waals surface area (Å²) in [6, 6.07) is 9.49. The summed E-state index contributed by atoms with van der Waals surface area (Å²) >= 11 is 0. The van der Waals surface area contributed by atoms with Crippen LogP contribution in [0.4, 0.5) is 5.69 Å². The molecule has 0 saturated carbocycles. The second-order valence-corrected chi connectivity index (χ2v) is 1.41. The van der Waals surface area contributed by atoms with Crippen LogP contribution < -0.4 is 5.73 Å². The van der Waals surface area contributed by atoms with E-state index >= 15 is 0 Å². The van der Waals surface area contributed by atoms with Crippen LogP contribution in [0.5, 0.6) is 0 Å². The van der Waals surface area contributed by atoms with E-state index in [0.29, 0.717) is 0 Å². The molecule has 0 saturated heterocycles. The molecule has 0 spiro atoms. The average molecular weight is 239 g/mol. The number of para-hydroxylation sites is 1. The summed E-state index contributed by atoms with van der Waals surface area (Å²) in [5.74, 6) is 0. The Hall–Kier alpha value is 0.180. The molecule has 0 aliphatic heterocycles. The van der Waals surface area contributed by atoms with E-state index in [2.05, 4.69) is 0 Å². The van der Waals surface area contributed by atoms with Crippen LogP contribution in [-0.4, -0.2) is 0 Å². The number of hydrogen-bond acceptors (Lipinski definition) is 1. The van der Waals surface area contributed by atoms with Gasteiger partial charge in [0.2, 0.25) is 0 Å². The molecule has 0 aliphatic rings. The lowest BCUT2D eigenvalue weighted by Crippen LogP contribution is -1.79. The molecule has 0 unspecified atom stereocenters. The molecule has 0 aliphatic carbocycles. The van der Waals surface area contributed by atoms with Crippen LogP contribution in [0, 0.1) is 0 Å². The number of rotatable bonds is 0. The Balaban J connectivity index is -0.0000000612. The van der Waals surface area contributed by atoms with Gasteiger partial charge in [0.15, 0.2) is 0 Å². The van der Waals surface area contributed by atoms with E-state index < -0.39 is 0 Å². The predicted molar refractivity (Wildman–Crippen MR) is 59.8 cm³/mol. The molecule has 0 amide bonds. The lowest BCUT2D eigenvalue weighted by Gasteiger charge is -1.83. The lowest BCUT2D eigenvalue weighted by molar-refractivity contribution is 1.69. The van der Waals surface area contributed by atoms with Crippen LogP contribution in [-0.2, 0) is 0 Å². The van der Waals surface area contributed by atoms with Crippen LogP contribution in [0.25, 0.3) is 0 Å². The molecular formula is C6H11Cl4N. The summed E-state index contributed by atoms with van der Waals surface area (Å²) in [6.07, 6.45) is 0. The summed E-state index contributed by atoms with van der Waals surface area (Å²) in [5.41, 5.74) is 6.18. The highest BCUT2D eigenvalue weighted by atomic mass is 35.5. The maximum Gasteiger partial charge on any atom is 0.0313 e. The molecule has 1 rings (SSSR count). The van der Waals surface area contributed by atoms with Gasteiger partial charge in [0.05, 0.1) is 0 Å². The standard InChI is InChI=1S/C6H7N.4ClH/c7-6-4-2-1-3-5-6;;;;/h1-5H,7H2;4*1H. The minimum Gasteiger partial charge on any atom is -0.399 e. The zero-order valence-electron chi connectivity index (χ0n) is 5.60. The van der Waals surface area contributed by atoms with Crippen molar-refractivity contribution in [3.63, 3.8) is 0 Å². The van der Waals surface area contributed by atoms with Crippen molar-refractivity contribution in [1.29, 1.82) is 0 Å². The molecule has 1 aromatic rings. The number of anilines is 1. The van der Waals surface area contributed by atoms with Crippen LogP contribution in [0.3, 0.4) is 0 Å². The third-order valence-electron chi connectivity index (χ3n) is 0.800. The second-order valence-electron chi connectivity index (χ2n) is 1.41. The quantitative estimate of drug-likeness (QED) is 0.692. The molecule has 0 bridgehead atoms. The van der Waals surface area contributed by atoms with Gasteiger partial charge in [0.1, 0.15) is 0 Å². The molecule has 0 heterocycles. The summed E-state index contributed by atoms with van der Waals surface area (Å²) in [5, 5.41) is 0. The van der Waals surface area contributed by atoms with Crippen LogP contribution in [0.1, 0.15) is 0 Å². The number of hydrogen-bond donors (Lipinski definition) is 1. The van der Waals surface area contributed by atoms with Crippen molar-refractivity contribution >= 4 is 55.3 Å². The van der Waals surface area contributed by atoms with Gasteiger partial charge in [0, 0.05) is 5.69 Å². The Morgan fingerprint density at radius 2 is 1.09 bits per heavy atom. The second kappa shape index (κ2) is 12.8. The summed E-state index contributed by atoms with van der Waals surface area (Å²) in [7, 11) is 0. The van der Waals surface area contributed by atoms with Gasteiger partial charge in [-0.1, -0.05) is 18.2 Å². The molecule has 2 N–H and O–H groups in total. The molecular weight excluding hydrogens is 228 g/mol. The molecule has 0 aromatic heterocycles. The summed E-state index contributed by atoms with van der Waals surface area (Å²) in [6.45, 7) is 0. The number of benzene rings is 1. The maximum absolute atomic E-state index is 5.36. The molecule has 0 radical (unpaired) electrons. The number of nitrogen functional groups attached to an aromatic ring is 1. The van der Waals surface area contributed by atoms with Crippen LogP contribution in [0.15, 0.2) is 30.3 Å². The van der Waals surface area contributed by atoms with Crippen molar-refractivity contribution in [2.75, 3.05) is 5.73 Å². The third kappa shape index (κ3) is 10.2. The van der Waals surface area contributed by atoms with Crippen molar-refractivity contribution in [3.8, 4) is 0 Å². The van der Waals surface area contributed by atoms with E-state index in [4.69, 9.17) is 5.73 Å².